The van der Waals surface area contributed by atoms with Crippen molar-refractivity contribution in [3.63, 3.8) is 0 Å². The average Bonchev–Trinajstić information content (AvgIpc) is 3.00. The molecule has 0 atom stereocenters. The summed E-state index contributed by atoms with van der Waals surface area (Å²) in [5, 5.41) is 5.92. The zero-order chi connectivity index (χ0) is 23.6. The van der Waals surface area contributed by atoms with E-state index in [9.17, 15) is 9.59 Å². The number of nitrogens with zero attached hydrogens (tertiary/aromatic N) is 3. The minimum atomic E-state index is -0.167. The summed E-state index contributed by atoms with van der Waals surface area (Å²) in [6, 6.07) is 5.12. The molecule has 1 aromatic heterocycles. The second kappa shape index (κ2) is 10.3. The lowest BCUT2D eigenvalue weighted by atomic mass is 9.89. The van der Waals surface area contributed by atoms with E-state index in [-0.39, 0.29) is 18.0 Å². The van der Waals surface area contributed by atoms with E-state index in [4.69, 9.17) is 0 Å². The largest absolute Gasteiger partial charge is 0.369 e. The molecule has 176 valence electrons. The molecule has 1 amide bonds. The molecule has 1 heterocycles. The lowest BCUT2D eigenvalue weighted by Crippen LogP contribution is -2.42. The van der Waals surface area contributed by atoms with Crippen molar-refractivity contribution in [1.82, 2.24) is 20.0 Å². The summed E-state index contributed by atoms with van der Waals surface area (Å²) < 4.78 is 2.32. The molecule has 0 spiro atoms. The normalized spacial score (nSPS) is 18.8. The highest BCUT2D eigenvalue weighted by Crippen LogP contribution is 2.34. The number of aromatic nitrogens is 2. The molecular weight excluding hydrogens is 470 g/mol. The Morgan fingerprint density at radius 2 is 1.81 bits per heavy atom. The Morgan fingerprint density at radius 3 is 2.34 bits per heavy atom. The quantitative estimate of drug-likeness (QED) is 0.601. The molecule has 1 aliphatic carbocycles. The molecule has 1 fully saturated rings. The molecule has 0 bridgehead atoms. The lowest BCUT2D eigenvalue weighted by Gasteiger charge is -2.40. The fourth-order valence-corrected chi connectivity index (χ4v) is 5.36. The Morgan fingerprint density at radius 1 is 1.19 bits per heavy atom. The first-order chi connectivity index (χ1) is 15.1. The van der Waals surface area contributed by atoms with Gasteiger partial charge in [0.15, 0.2) is 0 Å². The first kappa shape index (κ1) is 24.6. The number of halogens is 1. The minimum Gasteiger partial charge on any atom is -0.369 e. The third-order valence-corrected chi connectivity index (χ3v) is 7.31. The number of hydrogen-bond acceptors (Lipinski definition) is 4. The van der Waals surface area contributed by atoms with Gasteiger partial charge in [-0.15, -0.1) is 0 Å². The molecule has 3 rings (SSSR count). The van der Waals surface area contributed by atoms with E-state index in [0.29, 0.717) is 23.2 Å². The Kier molecular flexibility index (Phi) is 7.88. The number of carbonyl (C=O) groups excluding carboxylic acids is 1. The highest BCUT2D eigenvalue weighted by molar-refractivity contribution is 9.10. The maximum absolute atomic E-state index is 13.1. The lowest BCUT2D eigenvalue weighted by molar-refractivity contribution is 0.0950. The number of nitrogens with one attached hydrogen (secondary N) is 2. The summed E-state index contributed by atoms with van der Waals surface area (Å²) >= 11 is 3.62. The SMILES string of the molecule is CCN(c1cc(Br)cc(C(=O)NCc2c(C)[nH]n(C)c2=O)c1C)[C@H]1CC[C@H](N(C)C)CC1. The number of hydrogen-bond donors (Lipinski definition) is 2. The number of anilines is 1. The maximum Gasteiger partial charge on any atom is 0.271 e. The van der Waals surface area contributed by atoms with E-state index in [0.717, 1.165) is 40.8 Å². The average molecular weight is 506 g/mol. The van der Waals surface area contributed by atoms with Crippen molar-refractivity contribution in [2.24, 2.45) is 7.05 Å². The monoisotopic (exact) mass is 505 g/mol. The third kappa shape index (κ3) is 5.12. The molecule has 8 heteroatoms. The van der Waals surface area contributed by atoms with E-state index in [2.05, 4.69) is 63.2 Å². The number of amides is 1. The fraction of sp³-hybridized carbons (Fsp3) is 0.583. The molecule has 32 heavy (non-hydrogen) atoms. The van der Waals surface area contributed by atoms with Crippen molar-refractivity contribution in [3.05, 3.63) is 49.3 Å². The van der Waals surface area contributed by atoms with Crippen LogP contribution in [0.4, 0.5) is 5.69 Å². The summed E-state index contributed by atoms with van der Waals surface area (Å²) in [4.78, 5) is 30.1. The fourth-order valence-electron chi connectivity index (χ4n) is 4.92. The van der Waals surface area contributed by atoms with Crippen molar-refractivity contribution >= 4 is 27.5 Å². The van der Waals surface area contributed by atoms with Crippen molar-refractivity contribution in [2.75, 3.05) is 25.5 Å². The molecular formula is C24H36BrN5O2. The van der Waals surface area contributed by atoms with Gasteiger partial charge in [0.1, 0.15) is 0 Å². The van der Waals surface area contributed by atoms with Gasteiger partial charge in [0, 0.05) is 47.1 Å². The van der Waals surface area contributed by atoms with Gasteiger partial charge in [0.2, 0.25) is 0 Å². The van der Waals surface area contributed by atoms with Gasteiger partial charge >= 0.3 is 0 Å². The van der Waals surface area contributed by atoms with Crippen molar-refractivity contribution in [3.8, 4) is 0 Å². The topological polar surface area (TPSA) is 73.4 Å². The van der Waals surface area contributed by atoms with E-state index in [1.165, 1.54) is 17.5 Å². The van der Waals surface area contributed by atoms with Crippen LogP contribution >= 0.6 is 15.9 Å². The zero-order valence-electron chi connectivity index (χ0n) is 20.1. The van der Waals surface area contributed by atoms with Crippen LogP contribution in [0, 0.1) is 13.8 Å². The van der Waals surface area contributed by atoms with Crippen LogP contribution in [0.15, 0.2) is 21.4 Å². The first-order valence-electron chi connectivity index (χ1n) is 11.4. The Bertz CT molecular complexity index is 1020. The molecule has 0 aliphatic heterocycles. The molecule has 0 unspecified atom stereocenters. The summed E-state index contributed by atoms with van der Waals surface area (Å²) in [6.45, 7) is 7.14. The summed E-state index contributed by atoms with van der Waals surface area (Å²) in [5.74, 6) is -0.167. The Labute approximate surface area is 199 Å². The highest BCUT2D eigenvalue weighted by atomic mass is 79.9. The molecule has 2 N–H and O–H groups in total. The summed E-state index contributed by atoms with van der Waals surface area (Å²) in [5.41, 5.74) is 3.96. The van der Waals surface area contributed by atoms with Gasteiger partial charge in [-0.25, -0.2) is 0 Å². The summed E-state index contributed by atoms with van der Waals surface area (Å²) in [7, 11) is 6.00. The van der Waals surface area contributed by atoms with Gasteiger partial charge in [-0.3, -0.25) is 19.4 Å². The molecule has 1 aromatic carbocycles. The number of benzene rings is 1. The second-order valence-electron chi connectivity index (χ2n) is 9.07. The number of rotatable bonds is 7. The molecule has 1 saturated carbocycles. The molecule has 1 aliphatic rings. The third-order valence-electron chi connectivity index (χ3n) is 6.85. The van der Waals surface area contributed by atoms with Crippen molar-refractivity contribution in [2.45, 2.75) is 65.1 Å². The van der Waals surface area contributed by atoms with Gasteiger partial charge in [-0.1, -0.05) is 15.9 Å². The van der Waals surface area contributed by atoms with E-state index in [1.807, 2.05) is 19.9 Å². The predicted octanol–water partition coefficient (Wildman–Crippen LogP) is 3.72. The van der Waals surface area contributed by atoms with Crippen molar-refractivity contribution in [1.29, 1.82) is 0 Å². The highest BCUT2D eigenvalue weighted by Gasteiger charge is 2.28. The Hall–Kier alpha value is -2.06. The van der Waals surface area contributed by atoms with E-state index >= 15 is 0 Å². The predicted molar refractivity (Wildman–Crippen MR) is 134 cm³/mol. The van der Waals surface area contributed by atoms with Crippen LogP contribution in [0.3, 0.4) is 0 Å². The first-order valence-corrected chi connectivity index (χ1v) is 12.2. The number of carbonyl (C=O) groups is 1. The van der Waals surface area contributed by atoms with Crippen LogP contribution in [0.2, 0.25) is 0 Å². The van der Waals surface area contributed by atoms with Gasteiger partial charge in [-0.05, 0) is 78.2 Å². The van der Waals surface area contributed by atoms with Crippen LogP contribution in [0.1, 0.15) is 59.8 Å². The molecule has 0 saturated heterocycles. The van der Waals surface area contributed by atoms with Crippen LogP contribution < -0.4 is 15.8 Å². The van der Waals surface area contributed by atoms with Crippen LogP contribution in [-0.4, -0.2) is 53.3 Å². The number of aryl methyl sites for hydroxylation is 2. The maximum atomic E-state index is 13.1. The standard InChI is InChI=1S/C24H36BrN5O2/c1-7-30(19-10-8-18(9-11-19)28(4)5)22-13-17(25)12-20(15(22)2)23(31)26-14-21-16(3)27-29(6)24(21)32/h12-13,18-19,27H,7-11,14H2,1-6H3,(H,26,31)/t18-,19-. The smallest absolute Gasteiger partial charge is 0.271 e. The van der Waals surface area contributed by atoms with Crippen LogP contribution in [0.25, 0.3) is 0 Å². The van der Waals surface area contributed by atoms with Gasteiger partial charge in [0.05, 0.1) is 12.1 Å². The zero-order valence-corrected chi connectivity index (χ0v) is 21.7. The van der Waals surface area contributed by atoms with Crippen LogP contribution in [0.5, 0.6) is 0 Å². The minimum absolute atomic E-state index is 0.111. The van der Waals surface area contributed by atoms with Gasteiger partial charge in [-0.2, -0.15) is 0 Å². The number of H-pyrrole nitrogens is 1. The summed E-state index contributed by atoms with van der Waals surface area (Å²) in [6.07, 6.45) is 4.69. The van der Waals surface area contributed by atoms with Gasteiger partial charge in [0.25, 0.3) is 11.5 Å². The van der Waals surface area contributed by atoms with Gasteiger partial charge < -0.3 is 15.1 Å². The molecule has 2 aromatic rings. The van der Waals surface area contributed by atoms with E-state index < -0.39 is 0 Å². The number of aromatic amines is 1. The second-order valence-corrected chi connectivity index (χ2v) is 9.99. The molecule has 0 radical (unpaired) electrons. The van der Waals surface area contributed by atoms with E-state index in [1.54, 1.807) is 7.05 Å². The van der Waals surface area contributed by atoms with Crippen LogP contribution in [-0.2, 0) is 13.6 Å². The Balaban J connectivity index is 1.81. The molecule has 7 nitrogen and oxygen atoms in total. The van der Waals surface area contributed by atoms with Crippen molar-refractivity contribution < 1.29 is 4.79 Å².